The molecule has 26 heavy (non-hydrogen) atoms. The van der Waals surface area contributed by atoms with Crippen LogP contribution in [0, 0.1) is 6.92 Å². The lowest BCUT2D eigenvalue weighted by Gasteiger charge is -2.15. The summed E-state index contributed by atoms with van der Waals surface area (Å²) in [6.45, 7) is 2.93. The molecule has 0 radical (unpaired) electrons. The van der Waals surface area contributed by atoms with Crippen LogP contribution in [0.25, 0.3) is 0 Å². The highest BCUT2D eigenvalue weighted by molar-refractivity contribution is 6.07. The number of benzene rings is 1. The van der Waals surface area contributed by atoms with Crippen LogP contribution in [0.4, 0.5) is 16.2 Å². The number of carbonyl (C=O) groups excluding carboxylic acids is 3. The lowest BCUT2D eigenvalue weighted by atomic mass is 9.94. The molecule has 0 bridgehead atoms. The molecule has 4 rings (SSSR count). The second-order valence-corrected chi connectivity index (χ2v) is 6.52. The summed E-state index contributed by atoms with van der Waals surface area (Å²) in [5, 5.41) is 5.55. The van der Waals surface area contributed by atoms with Gasteiger partial charge in [0.1, 0.15) is 5.76 Å². The molecular weight excluding hydrogens is 334 g/mol. The van der Waals surface area contributed by atoms with E-state index in [0.29, 0.717) is 54.2 Å². The number of rotatable bonds is 3. The minimum absolute atomic E-state index is 0.0357. The van der Waals surface area contributed by atoms with Crippen molar-refractivity contribution in [1.29, 1.82) is 0 Å². The van der Waals surface area contributed by atoms with Crippen LogP contribution in [0.3, 0.4) is 0 Å². The summed E-state index contributed by atoms with van der Waals surface area (Å²) >= 11 is 0. The van der Waals surface area contributed by atoms with E-state index in [9.17, 15) is 14.4 Å². The number of Topliss-reactive ketones (excluding diaryl/α,β-unsaturated/α-hetero) is 1. The summed E-state index contributed by atoms with van der Waals surface area (Å²) in [4.78, 5) is 38.1. The molecule has 0 atom stereocenters. The molecule has 3 amide bonds. The molecule has 0 spiro atoms. The number of hydrogen-bond donors (Lipinski definition) is 2. The fraction of sp³-hybridized carbons (Fsp3) is 0.316. The normalized spacial score (nSPS) is 16.4. The molecule has 1 aromatic heterocycles. The summed E-state index contributed by atoms with van der Waals surface area (Å²) in [5.74, 6) is 0.419. The zero-order chi connectivity index (χ0) is 18.3. The summed E-state index contributed by atoms with van der Waals surface area (Å²) in [7, 11) is 0. The molecule has 0 saturated carbocycles. The number of amides is 3. The highest BCUT2D eigenvalue weighted by Gasteiger charge is 2.29. The SMILES string of the molecule is Cc1c(C(=O)Nc2cccc(N3CCNC3=O)c2)oc2c1C(=O)CCC2. The molecule has 0 unspecified atom stereocenters. The number of hydrogen-bond acceptors (Lipinski definition) is 4. The molecule has 7 heteroatoms. The first-order chi connectivity index (χ1) is 12.5. The van der Waals surface area contributed by atoms with Crippen LogP contribution in [0.2, 0.25) is 0 Å². The molecule has 2 aliphatic rings. The van der Waals surface area contributed by atoms with Gasteiger partial charge in [0.05, 0.1) is 5.56 Å². The topological polar surface area (TPSA) is 91.7 Å². The van der Waals surface area contributed by atoms with Crippen LogP contribution in [-0.4, -0.2) is 30.8 Å². The number of anilines is 2. The Kier molecular flexibility index (Phi) is 3.99. The molecule has 1 aliphatic heterocycles. The number of nitrogens with zero attached hydrogens (tertiary/aromatic N) is 1. The summed E-state index contributed by atoms with van der Waals surface area (Å²) in [6, 6.07) is 6.93. The van der Waals surface area contributed by atoms with Crippen molar-refractivity contribution in [3.63, 3.8) is 0 Å². The maximum absolute atomic E-state index is 12.6. The minimum atomic E-state index is -0.396. The van der Waals surface area contributed by atoms with E-state index in [-0.39, 0.29) is 17.6 Å². The van der Waals surface area contributed by atoms with E-state index in [4.69, 9.17) is 4.42 Å². The van der Waals surface area contributed by atoms with Gasteiger partial charge >= 0.3 is 6.03 Å². The van der Waals surface area contributed by atoms with Crippen LogP contribution in [0.5, 0.6) is 0 Å². The number of urea groups is 1. The Morgan fingerprint density at radius 3 is 2.85 bits per heavy atom. The zero-order valence-electron chi connectivity index (χ0n) is 14.4. The van der Waals surface area contributed by atoms with Crippen molar-refractivity contribution in [1.82, 2.24) is 5.32 Å². The first-order valence-electron chi connectivity index (χ1n) is 8.67. The monoisotopic (exact) mass is 353 g/mol. The maximum Gasteiger partial charge on any atom is 0.321 e. The van der Waals surface area contributed by atoms with E-state index < -0.39 is 5.91 Å². The Morgan fingerprint density at radius 1 is 1.27 bits per heavy atom. The van der Waals surface area contributed by atoms with Crippen molar-refractivity contribution in [3.05, 3.63) is 46.9 Å². The Bertz CT molecular complexity index is 916. The number of ketones is 1. The van der Waals surface area contributed by atoms with Gasteiger partial charge in [0.25, 0.3) is 5.91 Å². The molecule has 134 valence electrons. The molecule has 2 N–H and O–H groups in total. The fourth-order valence-corrected chi connectivity index (χ4v) is 3.52. The van der Waals surface area contributed by atoms with Crippen LogP contribution >= 0.6 is 0 Å². The van der Waals surface area contributed by atoms with Crippen molar-refractivity contribution >= 4 is 29.1 Å². The van der Waals surface area contributed by atoms with E-state index >= 15 is 0 Å². The van der Waals surface area contributed by atoms with Crippen molar-refractivity contribution in [2.45, 2.75) is 26.2 Å². The summed E-state index contributed by atoms with van der Waals surface area (Å²) in [5.41, 5.74) is 2.43. The highest BCUT2D eigenvalue weighted by Crippen LogP contribution is 2.30. The molecular formula is C19H19N3O4. The second-order valence-electron chi connectivity index (χ2n) is 6.52. The fourth-order valence-electron chi connectivity index (χ4n) is 3.52. The molecule has 1 aromatic carbocycles. The zero-order valence-corrected chi connectivity index (χ0v) is 14.4. The predicted molar refractivity (Wildman–Crippen MR) is 95.9 cm³/mol. The number of fused-ring (bicyclic) bond motifs is 1. The molecule has 7 nitrogen and oxygen atoms in total. The smallest absolute Gasteiger partial charge is 0.321 e. The van der Waals surface area contributed by atoms with E-state index in [0.717, 1.165) is 6.42 Å². The van der Waals surface area contributed by atoms with Crippen LogP contribution in [0.15, 0.2) is 28.7 Å². The van der Waals surface area contributed by atoms with Gasteiger partial charge in [-0.05, 0) is 31.5 Å². The van der Waals surface area contributed by atoms with Crippen LogP contribution < -0.4 is 15.5 Å². The van der Waals surface area contributed by atoms with E-state index in [1.165, 1.54) is 0 Å². The van der Waals surface area contributed by atoms with Crippen molar-refractivity contribution in [3.8, 4) is 0 Å². The number of aryl methyl sites for hydroxylation is 1. The Hall–Kier alpha value is -3.09. The van der Waals surface area contributed by atoms with E-state index in [1.54, 1.807) is 30.0 Å². The van der Waals surface area contributed by atoms with Gasteiger partial charge in [-0.3, -0.25) is 14.5 Å². The third-order valence-corrected chi connectivity index (χ3v) is 4.78. The Morgan fingerprint density at radius 2 is 2.12 bits per heavy atom. The Balaban J connectivity index is 1.58. The molecule has 2 heterocycles. The van der Waals surface area contributed by atoms with Gasteiger partial charge < -0.3 is 15.1 Å². The Labute approximate surface area is 150 Å². The van der Waals surface area contributed by atoms with Gasteiger partial charge in [-0.25, -0.2) is 4.79 Å². The average Bonchev–Trinajstić information content (AvgIpc) is 3.19. The number of nitrogens with one attached hydrogen (secondary N) is 2. The van der Waals surface area contributed by atoms with Gasteiger partial charge in [0.15, 0.2) is 11.5 Å². The second kappa shape index (κ2) is 6.33. The van der Waals surface area contributed by atoms with Gasteiger partial charge in [-0.15, -0.1) is 0 Å². The third kappa shape index (κ3) is 2.75. The molecule has 1 saturated heterocycles. The molecule has 2 aromatic rings. The summed E-state index contributed by atoms with van der Waals surface area (Å²) < 4.78 is 5.68. The third-order valence-electron chi connectivity index (χ3n) is 4.78. The highest BCUT2D eigenvalue weighted by atomic mass is 16.4. The van der Waals surface area contributed by atoms with E-state index in [2.05, 4.69) is 10.6 Å². The minimum Gasteiger partial charge on any atom is -0.455 e. The molecule has 1 fully saturated rings. The average molecular weight is 353 g/mol. The maximum atomic E-state index is 12.6. The van der Waals surface area contributed by atoms with E-state index in [1.807, 2.05) is 6.07 Å². The van der Waals surface area contributed by atoms with Crippen LogP contribution in [0.1, 0.15) is 45.1 Å². The van der Waals surface area contributed by atoms with Gasteiger partial charge in [-0.2, -0.15) is 0 Å². The first-order valence-corrected chi connectivity index (χ1v) is 8.67. The lowest BCUT2D eigenvalue weighted by Crippen LogP contribution is -2.27. The van der Waals surface area contributed by atoms with Gasteiger partial charge in [-0.1, -0.05) is 6.07 Å². The number of carbonyl (C=O) groups is 3. The quantitative estimate of drug-likeness (QED) is 0.887. The molecule has 1 aliphatic carbocycles. The van der Waals surface area contributed by atoms with Crippen molar-refractivity contribution < 1.29 is 18.8 Å². The lowest BCUT2D eigenvalue weighted by molar-refractivity contribution is 0.0963. The van der Waals surface area contributed by atoms with Crippen molar-refractivity contribution in [2.24, 2.45) is 0 Å². The summed E-state index contributed by atoms with van der Waals surface area (Å²) in [6.07, 6.45) is 1.92. The standard InChI is InChI=1S/C19H19N3O4/c1-11-16-14(23)6-3-7-15(16)26-17(11)18(24)21-12-4-2-5-13(10-12)22-9-8-20-19(22)25/h2,4-5,10H,3,6-9H2,1H3,(H,20,25)(H,21,24). The largest absolute Gasteiger partial charge is 0.455 e. The predicted octanol–water partition coefficient (Wildman–Crippen LogP) is 2.89. The first kappa shape index (κ1) is 16.4. The number of furan rings is 1. The van der Waals surface area contributed by atoms with Crippen LogP contribution in [-0.2, 0) is 6.42 Å². The van der Waals surface area contributed by atoms with Gasteiger partial charge in [0.2, 0.25) is 0 Å². The van der Waals surface area contributed by atoms with Gasteiger partial charge in [0, 0.05) is 42.9 Å². The van der Waals surface area contributed by atoms with Crippen molar-refractivity contribution in [2.75, 3.05) is 23.3 Å².